The highest BCUT2D eigenvalue weighted by atomic mass is 79.9. The van der Waals surface area contributed by atoms with Crippen molar-refractivity contribution in [2.24, 2.45) is 0 Å². The zero-order valence-electron chi connectivity index (χ0n) is 11.1. The summed E-state index contributed by atoms with van der Waals surface area (Å²) in [7, 11) is -2.22. The van der Waals surface area contributed by atoms with Crippen molar-refractivity contribution in [1.82, 2.24) is 9.62 Å². The molecule has 1 aliphatic heterocycles. The Morgan fingerprint density at radius 2 is 2.30 bits per heavy atom. The van der Waals surface area contributed by atoms with E-state index in [0.717, 1.165) is 3.79 Å². The Morgan fingerprint density at radius 1 is 1.60 bits per heavy atom. The van der Waals surface area contributed by atoms with Crippen LogP contribution in [0.15, 0.2) is 14.7 Å². The van der Waals surface area contributed by atoms with Gasteiger partial charge in [-0.2, -0.15) is 4.31 Å². The van der Waals surface area contributed by atoms with Crippen molar-refractivity contribution in [3.63, 3.8) is 0 Å². The van der Waals surface area contributed by atoms with Crippen molar-refractivity contribution in [2.75, 3.05) is 26.8 Å². The minimum absolute atomic E-state index is 0.0727. The molecule has 112 valence electrons. The standard InChI is InChI=1S/C11H15BrN2O4S2/c1-7-9(5-10(12)19-7)20(16,17)14-3-4-18-6-8(14)11(15)13-2/h5,8H,3-4,6H2,1-2H3,(H,13,15). The molecule has 2 heterocycles. The SMILES string of the molecule is CNC(=O)C1COCCN1S(=O)(=O)c1cc(Br)sc1C. The predicted molar refractivity (Wildman–Crippen MR) is 79.3 cm³/mol. The number of carbonyl (C=O) groups excluding carboxylic acids is 1. The minimum atomic E-state index is -3.70. The van der Waals surface area contributed by atoms with E-state index in [4.69, 9.17) is 4.74 Å². The molecule has 2 rings (SSSR count). The highest BCUT2D eigenvalue weighted by Crippen LogP contribution is 2.32. The maximum atomic E-state index is 12.7. The van der Waals surface area contributed by atoms with Gasteiger partial charge in [-0.25, -0.2) is 8.42 Å². The lowest BCUT2D eigenvalue weighted by Gasteiger charge is -2.33. The number of nitrogens with zero attached hydrogens (tertiary/aromatic N) is 1. The van der Waals surface area contributed by atoms with E-state index in [1.165, 1.54) is 22.7 Å². The number of ether oxygens (including phenoxy) is 1. The lowest BCUT2D eigenvalue weighted by atomic mass is 10.2. The van der Waals surface area contributed by atoms with Crippen LogP contribution in [-0.4, -0.2) is 51.5 Å². The molecular weight excluding hydrogens is 368 g/mol. The second-order valence-corrected chi connectivity index (χ2v) is 8.79. The van der Waals surface area contributed by atoms with Gasteiger partial charge in [-0.05, 0) is 28.9 Å². The molecule has 1 saturated heterocycles. The van der Waals surface area contributed by atoms with Crippen LogP contribution in [0.4, 0.5) is 0 Å². The maximum Gasteiger partial charge on any atom is 0.245 e. The summed E-state index contributed by atoms with van der Waals surface area (Å²) in [5.41, 5.74) is 0. The third kappa shape index (κ3) is 2.91. The van der Waals surface area contributed by atoms with E-state index in [9.17, 15) is 13.2 Å². The van der Waals surface area contributed by atoms with Crippen LogP contribution in [0.5, 0.6) is 0 Å². The van der Waals surface area contributed by atoms with E-state index in [0.29, 0.717) is 4.88 Å². The lowest BCUT2D eigenvalue weighted by Crippen LogP contribution is -2.55. The summed E-state index contributed by atoms with van der Waals surface area (Å²) < 4.78 is 32.7. The van der Waals surface area contributed by atoms with E-state index in [1.807, 2.05) is 0 Å². The van der Waals surface area contributed by atoms with Crippen LogP contribution >= 0.6 is 27.3 Å². The van der Waals surface area contributed by atoms with Crippen LogP contribution in [-0.2, 0) is 19.6 Å². The Balaban J connectivity index is 2.40. The number of hydrogen-bond donors (Lipinski definition) is 1. The van der Waals surface area contributed by atoms with E-state index in [1.54, 1.807) is 13.0 Å². The van der Waals surface area contributed by atoms with Gasteiger partial charge in [0.2, 0.25) is 15.9 Å². The summed E-state index contributed by atoms with van der Waals surface area (Å²) in [4.78, 5) is 12.8. The van der Waals surface area contributed by atoms with E-state index >= 15 is 0 Å². The third-order valence-corrected chi connectivity index (χ3v) is 6.77. The number of carbonyl (C=O) groups is 1. The minimum Gasteiger partial charge on any atom is -0.378 e. The van der Waals surface area contributed by atoms with Crippen molar-refractivity contribution in [3.8, 4) is 0 Å². The Labute approximate surface area is 130 Å². The van der Waals surface area contributed by atoms with Gasteiger partial charge in [-0.15, -0.1) is 11.3 Å². The number of rotatable bonds is 3. The Morgan fingerprint density at radius 3 is 2.85 bits per heavy atom. The highest BCUT2D eigenvalue weighted by molar-refractivity contribution is 9.11. The first-order valence-electron chi connectivity index (χ1n) is 5.95. The van der Waals surface area contributed by atoms with Crippen LogP contribution in [0, 0.1) is 6.92 Å². The summed E-state index contributed by atoms with van der Waals surface area (Å²) in [6, 6.07) is 0.753. The predicted octanol–water partition coefficient (Wildman–Crippen LogP) is 0.955. The van der Waals surface area contributed by atoms with Gasteiger partial charge in [0.05, 0.1) is 21.9 Å². The van der Waals surface area contributed by atoms with E-state index < -0.39 is 16.1 Å². The van der Waals surface area contributed by atoms with Crippen LogP contribution < -0.4 is 5.32 Å². The van der Waals surface area contributed by atoms with Gasteiger partial charge in [-0.3, -0.25) is 4.79 Å². The molecular formula is C11H15BrN2O4S2. The molecule has 0 radical (unpaired) electrons. The number of thiophene rings is 1. The molecule has 0 spiro atoms. The van der Waals surface area contributed by atoms with Gasteiger partial charge in [0.15, 0.2) is 0 Å². The summed E-state index contributed by atoms with van der Waals surface area (Å²) >= 11 is 4.64. The number of morpholine rings is 1. The summed E-state index contributed by atoms with van der Waals surface area (Å²) in [6.07, 6.45) is 0. The number of hydrogen-bond acceptors (Lipinski definition) is 5. The summed E-state index contributed by atoms with van der Waals surface area (Å²) in [6.45, 7) is 2.28. The second-order valence-electron chi connectivity index (χ2n) is 4.29. The Hall–Kier alpha value is -0.480. The van der Waals surface area contributed by atoms with Crippen LogP contribution in [0.2, 0.25) is 0 Å². The average molecular weight is 383 g/mol. The molecule has 1 unspecified atom stereocenters. The third-order valence-electron chi connectivity index (χ3n) is 3.06. The molecule has 0 aliphatic carbocycles. The second kappa shape index (κ2) is 6.10. The lowest BCUT2D eigenvalue weighted by molar-refractivity contribution is -0.128. The largest absolute Gasteiger partial charge is 0.378 e. The fraction of sp³-hybridized carbons (Fsp3) is 0.545. The summed E-state index contributed by atoms with van der Waals surface area (Å²) in [5.74, 6) is -0.361. The quantitative estimate of drug-likeness (QED) is 0.844. The van der Waals surface area contributed by atoms with Crippen molar-refractivity contribution < 1.29 is 17.9 Å². The number of halogens is 1. The molecule has 1 aromatic rings. The molecule has 1 aliphatic rings. The van der Waals surface area contributed by atoms with Crippen molar-refractivity contribution in [3.05, 3.63) is 14.7 Å². The zero-order valence-corrected chi connectivity index (χ0v) is 14.3. The van der Waals surface area contributed by atoms with Crippen molar-refractivity contribution in [2.45, 2.75) is 17.9 Å². The molecule has 20 heavy (non-hydrogen) atoms. The molecule has 0 aromatic carbocycles. The Kier molecular flexibility index (Phi) is 4.85. The number of likely N-dealkylation sites (N-methyl/N-ethyl adjacent to an activating group) is 1. The Bertz CT molecular complexity index is 614. The molecule has 0 bridgehead atoms. The van der Waals surface area contributed by atoms with Gasteiger partial charge in [0.25, 0.3) is 0 Å². The highest BCUT2D eigenvalue weighted by Gasteiger charge is 2.39. The maximum absolute atomic E-state index is 12.7. The molecule has 9 heteroatoms. The molecule has 1 amide bonds. The van der Waals surface area contributed by atoms with Gasteiger partial charge in [-0.1, -0.05) is 0 Å². The number of amides is 1. The molecule has 1 atom stereocenters. The van der Waals surface area contributed by atoms with Gasteiger partial charge < -0.3 is 10.1 Å². The molecule has 1 N–H and O–H groups in total. The fourth-order valence-electron chi connectivity index (χ4n) is 2.06. The fourth-order valence-corrected chi connectivity index (χ4v) is 6.00. The first-order chi connectivity index (χ1) is 9.37. The zero-order chi connectivity index (χ0) is 14.9. The van der Waals surface area contributed by atoms with Crippen LogP contribution in [0.1, 0.15) is 4.88 Å². The van der Waals surface area contributed by atoms with Crippen molar-refractivity contribution in [1.29, 1.82) is 0 Å². The van der Waals surface area contributed by atoms with E-state index in [-0.39, 0.29) is 30.6 Å². The monoisotopic (exact) mass is 382 g/mol. The van der Waals surface area contributed by atoms with Crippen LogP contribution in [0.25, 0.3) is 0 Å². The van der Waals surface area contributed by atoms with Crippen molar-refractivity contribution >= 4 is 43.2 Å². The van der Waals surface area contributed by atoms with E-state index in [2.05, 4.69) is 21.2 Å². The molecule has 0 saturated carbocycles. The molecule has 6 nitrogen and oxygen atoms in total. The number of aryl methyl sites for hydroxylation is 1. The normalized spacial score (nSPS) is 20.9. The van der Waals surface area contributed by atoms with Gasteiger partial charge in [0.1, 0.15) is 6.04 Å². The first kappa shape index (κ1) is 15.9. The number of nitrogens with one attached hydrogen (secondary N) is 1. The molecule has 1 aromatic heterocycles. The van der Waals surface area contributed by atoms with Gasteiger partial charge >= 0.3 is 0 Å². The number of sulfonamides is 1. The smallest absolute Gasteiger partial charge is 0.245 e. The van der Waals surface area contributed by atoms with Gasteiger partial charge in [0, 0.05) is 18.5 Å². The first-order valence-corrected chi connectivity index (χ1v) is 9.00. The molecule has 1 fully saturated rings. The van der Waals surface area contributed by atoms with Crippen LogP contribution in [0.3, 0.4) is 0 Å². The topological polar surface area (TPSA) is 75.7 Å². The summed E-state index contributed by atoms with van der Waals surface area (Å²) in [5, 5.41) is 2.48. The average Bonchev–Trinajstić information content (AvgIpc) is 2.77.